The van der Waals surface area contributed by atoms with Crippen molar-refractivity contribution >= 4 is 22.6 Å². The van der Waals surface area contributed by atoms with E-state index >= 15 is 0 Å². The van der Waals surface area contributed by atoms with Crippen LogP contribution in [0.1, 0.15) is 44.9 Å². The van der Waals surface area contributed by atoms with E-state index in [9.17, 15) is 4.39 Å². The standard InChI is InChI=1S/C16H20ClFN2/c1-16(7-3-2-4-8-16)11-20-14-9-12(18)5-6-13(14)19-15(20)10-17/h5-6,9H,2-4,7-8,10-11H2,1H3. The van der Waals surface area contributed by atoms with Crippen LogP contribution in [-0.4, -0.2) is 9.55 Å². The van der Waals surface area contributed by atoms with E-state index in [1.807, 2.05) is 0 Å². The Morgan fingerprint density at radius 2 is 2.05 bits per heavy atom. The topological polar surface area (TPSA) is 17.8 Å². The Labute approximate surface area is 123 Å². The summed E-state index contributed by atoms with van der Waals surface area (Å²) < 4.78 is 15.7. The molecule has 0 bridgehead atoms. The molecule has 1 aromatic heterocycles. The van der Waals surface area contributed by atoms with Crippen LogP contribution < -0.4 is 0 Å². The average Bonchev–Trinajstić information content (AvgIpc) is 2.77. The van der Waals surface area contributed by atoms with Gasteiger partial charge in [0.2, 0.25) is 0 Å². The lowest BCUT2D eigenvalue weighted by atomic mass is 9.75. The van der Waals surface area contributed by atoms with Gasteiger partial charge in [0.15, 0.2) is 0 Å². The van der Waals surface area contributed by atoms with Crippen LogP contribution in [0.5, 0.6) is 0 Å². The predicted molar refractivity (Wildman–Crippen MR) is 80.4 cm³/mol. The van der Waals surface area contributed by atoms with Gasteiger partial charge in [-0.3, -0.25) is 0 Å². The van der Waals surface area contributed by atoms with Crippen molar-refractivity contribution in [3.05, 3.63) is 29.8 Å². The second kappa shape index (κ2) is 5.36. The molecule has 0 unspecified atom stereocenters. The summed E-state index contributed by atoms with van der Waals surface area (Å²) in [4.78, 5) is 4.53. The molecule has 2 nitrogen and oxygen atoms in total. The highest BCUT2D eigenvalue weighted by molar-refractivity contribution is 6.16. The lowest BCUT2D eigenvalue weighted by Crippen LogP contribution is -2.26. The van der Waals surface area contributed by atoms with Crippen molar-refractivity contribution in [1.82, 2.24) is 9.55 Å². The first-order valence-electron chi connectivity index (χ1n) is 7.32. The van der Waals surface area contributed by atoms with Crippen LogP contribution >= 0.6 is 11.6 Å². The number of hydrogen-bond donors (Lipinski definition) is 0. The number of alkyl halides is 1. The summed E-state index contributed by atoms with van der Waals surface area (Å²) >= 11 is 6.03. The number of rotatable bonds is 3. The number of benzene rings is 1. The molecule has 1 aliphatic carbocycles. The lowest BCUT2D eigenvalue weighted by molar-refractivity contribution is 0.184. The molecule has 20 heavy (non-hydrogen) atoms. The predicted octanol–water partition coefficient (Wildman–Crippen LogP) is 4.88. The summed E-state index contributed by atoms with van der Waals surface area (Å²) in [6.45, 7) is 3.21. The van der Waals surface area contributed by atoms with Crippen LogP contribution in [-0.2, 0) is 12.4 Å². The molecule has 1 fully saturated rings. The van der Waals surface area contributed by atoms with Crippen LogP contribution in [0.3, 0.4) is 0 Å². The van der Waals surface area contributed by atoms with Gasteiger partial charge in [-0.25, -0.2) is 9.37 Å². The molecule has 1 aliphatic rings. The first-order chi connectivity index (χ1) is 9.61. The zero-order chi connectivity index (χ0) is 14.2. The van der Waals surface area contributed by atoms with Crippen molar-refractivity contribution in [2.24, 2.45) is 5.41 Å². The third kappa shape index (κ3) is 2.56. The smallest absolute Gasteiger partial charge is 0.125 e. The number of fused-ring (bicyclic) bond motifs is 1. The van der Waals surface area contributed by atoms with E-state index in [1.54, 1.807) is 12.1 Å². The molecule has 0 N–H and O–H groups in total. The molecule has 0 amide bonds. The van der Waals surface area contributed by atoms with Gasteiger partial charge in [0, 0.05) is 6.54 Å². The van der Waals surface area contributed by atoms with Gasteiger partial charge in [0.05, 0.1) is 16.9 Å². The Balaban J connectivity index is 2.02. The van der Waals surface area contributed by atoms with E-state index in [4.69, 9.17) is 11.6 Å². The van der Waals surface area contributed by atoms with Gasteiger partial charge in [-0.2, -0.15) is 0 Å². The summed E-state index contributed by atoms with van der Waals surface area (Å²) in [6.07, 6.45) is 6.35. The summed E-state index contributed by atoms with van der Waals surface area (Å²) in [5.41, 5.74) is 1.98. The van der Waals surface area contributed by atoms with Crippen molar-refractivity contribution in [2.45, 2.75) is 51.5 Å². The molecular weight excluding hydrogens is 275 g/mol. The molecule has 4 heteroatoms. The van der Waals surface area contributed by atoms with Crippen molar-refractivity contribution in [3.8, 4) is 0 Å². The highest BCUT2D eigenvalue weighted by atomic mass is 35.5. The number of aromatic nitrogens is 2. The molecule has 0 radical (unpaired) electrons. The molecule has 0 aliphatic heterocycles. The number of halogens is 2. The average molecular weight is 295 g/mol. The maximum absolute atomic E-state index is 13.5. The third-order valence-corrected chi connectivity index (χ3v) is 4.75. The van der Waals surface area contributed by atoms with Gasteiger partial charge in [0.1, 0.15) is 11.6 Å². The Morgan fingerprint density at radius 1 is 1.30 bits per heavy atom. The van der Waals surface area contributed by atoms with E-state index in [1.165, 1.54) is 38.2 Å². The molecule has 0 saturated heterocycles. The van der Waals surface area contributed by atoms with Gasteiger partial charge >= 0.3 is 0 Å². The zero-order valence-electron chi connectivity index (χ0n) is 11.8. The second-order valence-electron chi connectivity index (χ2n) is 6.25. The molecule has 0 atom stereocenters. The SMILES string of the molecule is CC1(Cn2c(CCl)nc3ccc(F)cc32)CCCCC1. The Hall–Kier alpha value is -1.09. The van der Waals surface area contributed by atoms with Gasteiger partial charge in [0.25, 0.3) is 0 Å². The largest absolute Gasteiger partial charge is 0.326 e. The van der Waals surface area contributed by atoms with Crippen LogP contribution in [0.4, 0.5) is 4.39 Å². The minimum atomic E-state index is -0.214. The highest BCUT2D eigenvalue weighted by Gasteiger charge is 2.28. The number of hydrogen-bond acceptors (Lipinski definition) is 1. The van der Waals surface area contributed by atoms with E-state index < -0.39 is 0 Å². The first kappa shape index (κ1) is 13.9. The molecule has 0 spiro atoms. The van der Waals surface area contributed by atoms with E-state index in [0.717, 1.165) is 23.4 Å². The van der Waals surface area contributed by atoms with Gasteiger partial charge in [-0.15, -0.1) is 11.6 Å². The molecule has 1 saturated carbocycles. The fourth-order valence-corrected chi connectivity index (χ4v) is 3.57. The van der Waals surface area contributed by atoms with Gasteiger partial charge in [-0.05, 0) is 36.5 Å². The van der Waals surface area contributed by atoms with Crippen molar-refractivity contribution in [1.29, 1.82) is 0 Å². The Bertz CT molecular complexity index is 614. The van der Waals surface area contributed by atoms with E-state index in [0.29, 0.717) is 5.88 Å². The summed E-state index contributed by atoms with van der Waals surface area (Å²) in [7, 11) is 0. The van der Waals surface area contributed by atoms with Gasteiger partial charge < -0.3 is 4.57 Å². The van der Waals surface area contributed by atoms with Gasteiger partial charge in [-0.1, -0.05) is 26.2 Å². The quantitative estimate of drug-likeness (QED) is 0.737. The molecule has 108 valence electrons. The van der Waals surface area contributed by atoms with Crippen molar-refractivity contribution in [2.75, 3.05) is 0 Å². The summed E-state index contributed by atoms with van der Waals surface area (Å²) in [5, 5.41) is 0. The lowest BCUT2D eigenvalue weighted by Gasteiger charge is -2.34. The molecule has 2 aromatic rings. The number of imidazole rings is 1. The van der Waals surface area contributed by atoms with E-state index in [-0.39, 0.29) is 11.2 Å². The maximum atomic E-state index is 13.5. The molecule has 3 rings (SSSR count). The van der Waals surface area contributed by atoms with Crippen LogP contribution in [0.15, 0.2) is 18.2 Å². The minimum Gasteiger partial charge on any atom is -0.326 e. The minimum absolute atomic E-state index is 0.214. The summed E-state index contributed by atoms with van der Waals surface area (Å²) in [5.74, 6) is 1.000. The normalized spacial score (nSPS) is 18.6. The molecule has 1 heterocycles. The molecular formula is C16H20ClFN2. The van der Waals surface area contributed by atoms with Crippen LogP contribution in [0.25, 0.3) is 11.0 Å². The van der Waals surface area contributed by atoms with Crippen molar-refractivity contribution < 1.29 is 4.39 Å². The molecule has 1 aromatic carbocycles. The van der Waals surface area contributed by atoms with Crippen molar-refractivity contribution in [3.63, 3.8) is 0 Å². The Kier molecular flexibility index (Phi) is 3.72. The third-order valence-electron chi connectivity index (χ3n) is 4.51. The summed E-state index contributed by atoms with van der Waals surface area (Å²) in [6, 6.07) is 4.77. The number of nitrogens with zero attached hydrogens (tertiary/aromatic N) is 2. The fourth-order valence-electron chi connectivity index (χ4n) is 3.37. The zero-order valence-corrected chi connectivity index (χ0v) is 12.6. The second-order valence-corrected chi connectivity index (χ2v) is 6.52. The highest BCUT2D eigenvalue weighted by Crippen LogP contribution is 2.38. The first-order valence-corrected chi connectivity index (χ1v) is 7.85. The maximum Gasteiger partial charge on any atom is 0.125 e. The monoisotopic (exact) mass is 294 g/mol. The van der Waals surface area contributed by atoms with Crippen LogP contribution in [0.2, 0.25) is 0 Å². The fraction of sp³-hybridized carbons (Fsp3) is 0.562. The van der Waals surface area contributed by atoms with Crippen LogP contribution in [0, 0.1) is 11.2 Å². The van der Waals surface area contributed by atoms with E-state index in [2.05, 4.69) is 16.5 Å². The Morgan fingerprint density at radius 3 is 2.75 bits per heavy atom.